The van der Waals surface area contributed by atoms with Gasteiger partial charge in [0.2, 0.25) is 0 Å². The Balaban J connectivity index is 1.61. The molecule has 196 valence electrons. The van der Waals surface area contributed by atoms with Gasteiger partial charge in [-0.3, -0.25) is 9.59 Å². The molecule has 1 unspecified atom stereocenters. The van der Waals surface area contributed by atoms with Crippen LogP contribution in [0.25, 0.3) is 5.76 Å². The number of amides is 1. The zero-order valence-electron chi connectivity index (χ0n) is 22.3. The molecule has 6 nitrogen and oxygen atoms in total. The minimum Gasteiger partial charge on any atom is -0.507 e. The molecule has 3 aromatic rings. The molecule has 38 heavy (non-hydrogen) atoms. The van der Waals surface area contributed by atoms with Gasteiger partial charge < -0.3 is 19.5 Å². The maximum Gasteiger partial charge on any atom is 0.295 e. The summed E-state index contributed by atoms with van der Waals surface area (Å²) in [6.45, 7) is 7.29. The highest BCUT2D eigenvalue weighted by Gasteiger charge is 2.46. The summed E-state index contributed by atoms with van der Waals surface area (Å²) in [7, 11) is 1.60. The Morgan fingerprint density at radius 1 is 1.03 bits per heavy atom. The number of hydrogen-bond acceptors (Lipinski definition) is 5. The molecule has 5 rings (SSSR count). The molecule has 2 heterocycles. The molecule has 6 heteroatoms. The number of ketones is 1. The Morgan fingerprint density at radius 2 is 1.74 bits per heavy atom. The third-order valence-electron chi connectivity index (χ3n) is 7.33. The van der Waals surface area contributed by atoms with Crippen molar-refractivity contribution in [2.75, 3.05) is 13.7 Å². The van der Waals surface area contributed by atoms with Crippen LogP contribution in [-0.2, 0) is 28.0 Å². The van der Waals surface area contributed by atoms with Crippen molar-refractivity contribution < 1.29 is 24.2 Å². The van der Waals surface area contributed by atoms with Gasteiger partial charge in [0.05, 0.1) is 25.3 Å². The van der Waals surface area contributed by atoms with Crippen molar-refractivity contribution >= 4 is 17.4 Å². The minimum atomic E-state index is -0.724. The van der Waals surface area contributed by atoms with Crippen molar-refractivity contribution in [3.63, 3.8) is 0 Å². The molecule has 0 bridgehead atoms. The number of aliphatic hydroxyl groups is 1. The van der Waals surface area contributed by atoms with Crippen molar-refractivity contribution in [1.29, 1.82) is 0 Å². The van der Waals surface area contributed by atoms with Crippen molar-refractivity contribution in [3.8, 4) is 11.5 Å². The molecule has 2 aliphatic rings. The summed E-state index contributed by atoms with van der Waals surface area (Å²) in [6, 6.07) is 20.1. The average Bonchev–Trinajstić information content (AvgIpc) is 3.17. The molecular formula is C32H33NO5. The first kappa shape index (κ1) is 25.6. The van der Waals surface area contributed by atoms with Gasteiger partial charge >= 0.3 is 0 Å². The Morgan fingerprint density at radius 3 is 2.39 bits per heavy atom. The number of hydrogen-bond donors (Lipinski definition) is 1. The van der Waals surface area contributed by atoms with Gasteiger partial charge in [0, 0.05) is 12.1 Å². The van der Waals surface area contributed by atoms with Crippen LogP contribution in [0.2, 0.25) is 0 Å². The van der Waals surface area contributed by atoms with Gasteiger partial charge in [-0.15, -0.1) is 0 Å². The molecule has 0 radical (unpaired) electrons. The summed E-state index contributed by atoms with van der Waals surface area (Å²) < 4.78 is 11.0. The van der Waals surface area contributed by atoms with E-state index in [0.29, 0.717) is 17.9 Å². The highest BCUT2D eigenvalue weighted by atomic mass is 16.5. The van der Waals surface area contributed by atoms with Crippen molar-refractivity contribution in [3.05, 3.63) is 100 Å². The van der Waals surface area contributed by atoms with E-state index in [1.54, 1.807) is 18.1 Å². The monoisotopic (exact) mass is 511 g/mol. The number of aryl methyl sites for hydroxylation is 1. The molecular weight excluding hydrogens is 478 g/mol. The van der Waals surface area contributed by atoms with Gasteiger partial charge in [0.15, 0.2) is 0 Å². The molecule has 0 aliphatic carbocycles. The quantitative estimate of drug-likeness (QED) is 0.261. The largest absolute Gasteiger partial charge is 0.507 e. The van der Waals surface area contributed by atoms with Crippen LogP contribution in [0.1, 0.15) is 61.1 Å². The first-order chi connectivity index (χ1) is 18.2. The van der Waals surface area contributed by atoms with Crippen molar-refractivity contribution in [2.24, 2.45) is 0 Å². The molecule has 1 amide bonds. The Hall–Kier alpha value is -4.06. The van der Waals surface area contributed by atoms with E-state index in [-0.39, 0.29) is 23.3 Å². The fourth-order valence-corrected chi connectivity index (χ4v) is 5.15. The molecule has 1 N–H and O–H groups in total. The van der Waals surface area contributed by atoms with Gasteiger partial charge in [0.1, 0.15) is 17.3 Å². The number of methoxy groups -OCH3 is 1. The normalized spacial score (nSPS) is 18.7. The third-order valence-corrected chi connectivity index (χ3v) is 7.33. The molecule has 1 saturated heterocycles. The average molecular weight is 512 g/mol. The number of carbonyl (C=O) groups is 2. The van der Waals surface area contributed by atoms with Crippen LogP contribution in [0.3, 0.4) is 0 Å². The first-order valence-electron chi connectivity index (χ1n) is 13.0. The summed E-state index contributed by atoms with van der Waals surface area (Å²) in [5, 5.41) is 11.5. The van der Waals surface area contributed by atoms with E-state index < -0.39 is 17.7 Å². The van der Waals surface area contributed by atoms with E-state index in [4.69, 9.17) is 9.47 Å². The number of fused-ring (bicyclic) bond motifs is 1. The zero-order chi connectivity index (χ0) is 27.0. The molecule has 3 aromatic carbocycles. The topological polar surface area (TPSA) is 76.1 Å². The predicted molar refractivity (Wildman–Crippen MR) is 146 cm³/mol. The van der Waals surface area contributed by atoms with E-state index in [0.717, 1.165) is 40.8 Å². The number of aliphatic hydroxyl groups excluding tert-OH is 1. The van der Waals surface area contributed by atoms with E-state index in [1.807, 2.05) is 60.7 Å². The van der Waals surface area contributed by atoms with Crippen LogP contribution in [0.4, 0.5) is 0 Å². The highest BCUT2D eigenvalue weighted by molar-refractivity contribution is 6.46. The number of likely N-dealkylation sites (tertiary alicyclic amines) is 1. The van der Waals surface area contributed by atoms with Crippen LogP contribution in [0, 0.1) is 0 Å². The predicted octanol–water partition coefficient (Wildman–Crippen LogP) is 5.94. The van der Waals surface area contributed by atoms with Gasteiger partial charge in [-0.1, -0.05) is 57.2 Å². The zero-order valence-corrected chi connectivity index (χ0v) is 22.3. The van der Waals surface area contributed by atoms with E-state index in [1.165, 1.54) is 0 Å². The summed E-state index contributed by atoms with van der Waals surface area (Å²) >= 11 is 0. The summed E-state index contributed by atoms with van der Waals surface area (Å²) in [6.07, 6.45) is 1.73. The Labute approximate surface area is 223 Å². The first-order valence-corrected chi connectivity index (χ1v) is 13.0. The van der Waals surface area contributed by atoms with E-state index in [9.17, 15) is 14.7 Å². The second-order valence-electron chi connectivity index (χ2n) is 10.9. The van der Waals surface area contributed by atoms with Crippen LogP contribution in [0.5, 0.6) is 11.5 Å². The molecule has 0 aromatic heterocycles. The molecule has 1 atom stereocenters. The van der Waals surface area contributed by atoms with Gasteiger partial charge in [0.25, 0.3) is 11.7 Å². The number of nitrogens with zero attached hydrogens (tertiary/aromatic N) is 1. The second-order valence-corrected chi connectivity index (χ2v) is 10.9. The summed E-state index contributed by atoms with van der Waals surface area (Å²) in [5.41, 5.74) is 4.32. The van der Waals surface area contributed by atoms with Crippen LogP contribution >= 0.6 is 0 Å². The molecule has 2 aliphatic heterocycles. The van der Waals surface area contributed by atoms with E-state index >= 15 is 0 Å². The molecule has 0 saturated carbocycles. The summed E-state index contributed by atoms with van der Waals surface area (Å²) in [5.74, 6) is 0.0193. The third kappa shape index (κ3) is 4.78. The number of carbonyl (C=O) groups excluding carboxylic acids is 2. The van der Waals surface area contributed by atoms with Gasteiger partial charge in [-0.25, -0.2) is 0 Å². The number of rotatable bonds is 5. The lowest BCUT2D eigenvalue weighted by molar-refractivity contribution is -0.140. The molecule has 1 fully saturated rings. The fraction of sp³-hybridized carbons (Fsp3) is 0.312. The lowest BCUT2D eigenvalue weighted by Crippen LogP contribution is -2.29. The number of ether oxygens (including phenoxy) is 2. The van der Waals surface area contributed by atoms with Crippen LogP contribution < -0.4 is 9.47 Å². The highest BCUT2D eigenvalue weighted by Crippen LogP contribution is 2.41. The number of benzene rings is 3. The van der Waals surface area contributed by atoms with Gasteiger partial charge in [-0.2, -0.15) is 0 Å². The fourth-order valence-electron chi connectivity index (χ4n) is 5.15. The van der Waals surface area contributed by atoms with Crippen molar-refractivity contribution in [2.45, 2.75) is 51.6 Å². The maximum atomic E-state index is 13.5. The van der Waals surface area contributed by atoms with Crippen LogP contribution in [0.15, 0.2) is 72.3 Å². The summed E-state index contributed by atoms with van der Waals surface area (Å²) in [4.78, 5) is 28.4. The minimum absolute atomic E-state index is 0.0470. The lowest BCUT2D eigenvalue weighted by Gasteiger charge is -2.27. The SMILES string of the molecule is COc1ccc(CN2C(=O)C(=O)/C(=C(\O)c3ccc4c(c3)CCCO4)C2c2ccc(C(C)(C)C)cc2)cc1. The Bertz CT molecular complexity index is 1400. The molecule has 0 spiro atoms. The number of Topliss-reactive ketones (excluding diaryl/α,β-unsaturated/α-hetero) is 1. The maximum absolute atomic E-state index is 13.5. The lowest BCUT2D eigenvalue weighted by atomic mass is 9.85. The van der Waals surface area contributed by atoms with Gasteiger partial charge in [-0.05, 0) is 70.8 Å². The standard InChI is InChI=1S/C32H33NO5/c1-32(2,3)24-12-9-21(10-13-24)28-27(29(34)23-11-16-26-22(18-23)6-5-17-38-26)30(35)31(36)33(28)19-20-7-14-25(37-4)15-8-20/h7-16,18,28,34H,5-6,17,19H2,1-4H3/b29-27-. The van der Waals surface area contributed by atoms with E-state index in [2.05, 4.69) is 20.8 Å². The second kappa shape index (κ2) is 10.0. The smallest absolute Gasteiger partial charge is 0.295 e. The van der Waals surface area contributed by atoms with Crippen molar-refractivity contribution in [1.82, 2.24) is 4.90 Å². The Kier molecular flexibility index (Phi) is 6.74. The van der Waals surface area contributed by atoms with Crippen LogP contribution in [-0.4, -0.2) is 35.4 Å².